The summed E-state index contributed by atoms with van der Waals surface area (Å²) in [6.45, 7) is 4.95. The molecule has 3 atom stereocenters. The first-order valence-corrected chi connectivity index (χ1v) is 6.93. The van der Waals surface area contributed by atoms with E-state index in [2.05, 4.69) is 10.2 Å². The van der Waals surface area contributed by atoms with Gasteiger partial charge < -0.3 is 15.0 Å². The minimum Gasteiger partial charge on any atom is -0.378 e. The summed E-state index contributed by atoms with van der Waals surface area (Å²) in [4.78, 5) is 14.2. The van der Waals surface area contributed by atoms with Gasteiger partial charge in [0.1, 0.15) is 0 Å². The summed E-state index contributed by atoms with van der Waals surface area (Å²) in [7, 11) is 0. The molecule has 3 saturated heterocycles. The van der Waals surface area contributed by atoms with Crippen LogP contribution < -0.4 is 5.32 Å². The third-order valence-electron chi connectivity index (χ3n) is 4.42. The van der Waals surface area contributed by atoms with Gasteiger partial charge in [-0.05, 0) is 31.1 Å². The molecule has 3 aliphatic rings. The van der Waals surface area contributed by atoms with Crippen molar-refractivity contribution < 1.29 is 9.53 Å². The van der Waals surface area contributed by atoms with Gasteiger partial charge in [0.2, 0.25) is 5.91 Å². The van der Waals surface area contributed by atoms with Crippen LogP contribution in [0.1, 0.15) is 25.7 Å². The monoisotopic (exact) mass is 238 g/mol. The Labute approximate surface area is 103 Å². The predicted molar refractivity (Wildman–Crippen MR) is 64.6 cm³/mol. The maximum Gasteiger partial charge on any atom is 0.225 e. The van der Waals surface area contributed by atoms with E-state index in [0.29, 0.717) is 24.2 Å². The molecule has 0 bridgehead atoms. The first-order valence-electron chi connectivity index (χ1n) is 6.93. The van der Waals surface area contributed by atoms with Gasteiger partial charge in [-0.15, -0.1) is 0 Å². The Hall–Kier alpha value is -0.610. The number of hydrogen-bond donors (Lipinski definition) is 1. The summed E-state index contributed by atoms with van der Waals surface area (Å²) in [5.74, 6) is 1.71. The molecule has 0 saturated carbocycles. The smallest absolute Gasteiger partial charge is 0.225 e. The Morgan fingerprint density at radius 1 is 1.24 bits per heavy atom. The number of hydrogen-bond acceptors (Lipinski definition) is 3. The highest BCUT2D eigenvalue weighted by Gasteiger charge is 2.38. The molecule has 17 heavy (non-hydrogen) atoms. The molecule has 3 fully saturated rings. The van der Waals surface area contributed by atoms with Gasteiger partial charge in [0, 0.05) is 32.8 Å². The van der Waals surface area contributed by atoms with Gasteiger partial charge in [0.15, 0.2) is 0 Å². The summed E-state index contributed by atoms with van der Waals surface area (Å²) in [6.07, 6.45) is 4.23. The van der Waals surface area contributed by atoms with Crippen LogP contribution in [-0.2, 0) is 9.53 Å². The molecule has 0 aromatic rings. The fourth-order valence-electron chi connectivity index (χ4n) is 3.35. The average Bonchev–Trinajstić information content (AvgIpc) is 2.90. The summed E-state index contributed by atoms with van der Waals surface area (Å²) < 4.78 is 5.64. The number of amides is 1. The van der Waals surface area contributed by atoms with Gasteiger partial charge in [0.05, 0.1) is 12.5 Å². The predicted octanol–water partition coefficient (Wildman–Crippen LogP) is 0.623. The second kappa shape index (κ2) is 4.94. The standard InChI is InChI=1S/C13H22N2O2/c16-13(5-12-3-1-2-4-17-12)15-8-10-6-14-7-11(10)9-15/h10-12,14H,1-9H2/t10-,11+,12?. The molecule has 0 spiro atoms. The van der Waals surface area contributed by atoms with Crippen LogP contribution in [0.25, 0.3) is 0 Å². The van der Waals surface area contributed by atoms with Gasteiger partial charge in [-0.3, -0.25) is 4.79 Å². The summed E-state index contributed by atoms with van der Waals surface area (Å²) in [5.41, 5.74) is 0. The van der Waals surface area contributed by atoms with Crippen molar-refractivity contribution in [2.45, 2.75) is 31.8 Å². The normalized spacial score (nSPS) is 37.2. The maximum absolute atomic E-state index is 12.2. The Morgan fingerprint density at radius 3 is 2.65 bits per heavy atom. The van der Waals surface area contributed by atoms with Crippen molar-refractivity contribution in [1.29, 1.82) is 0 Å². The molecular formula is C13H22N2O2. The van der Waals surface area contributed by atoms with E-state index in [-0.39, 0.29) is 6.10 Å². The Bertz CT molecular complexity index is 277. The number of nitrogens with one attached hydrogen (secondary N) is 1. The number of carbonyl (C=O) groups excluding carboxylic acids is 1. The van der Waals surface area contributed by atoms with E-state index < -0.39 is 0 Å². The summed E-state index contributed by atoms with van der Waals surface area (Å²) in [6, 6.07) is 0. The molecule has 0 aromatic carbocycles. The highest BCUT2D eigenvalue weighted by Crippen LogP contribution is 2.27. The van der Waals surface area contributed by atoms with Crippen LogP contribution in [-0.4, -0.2) is 49.7 Å². The van der Waals surface area contributed by atoms with Crippen molar-refractivity contribution in [2.75, 3.05) is 32.8 Å². The van der Waals surface area contributed by atoms with Gasteiger partial charge >= 0.3 is 0 Å². The van der Waals surface area contributed by atoms with E-state index in [4.69, 9.17) is 4.74 Å². The first kappa shape index (κ1) is 11.5. The van der Waals surface area contributed by atoms with E-state index in [1.54, 1.807) is 0 Å². The van der Waals surface area contributed by atoms with Crippen LogP contribution in [0.2, 0.25) is 0 Å². The molecule has 0 aromatic heterocycles. The quantitative estimate of drug-likeness (QED) is 0.767. The van der Waals surface area contributed by atoms with E-state index >= 15 is 0 Å². The molecule has 3 heterocycles. The zero-order valence-electron chi connectivity index (χ0n) is 10.4. The van der Waals surface area contributed by atoms with Crippen molar-refractivity contribution in [3.8, 4) is 0 Å². The SMILES string of the molecule is O=C(CC1CCCCO1)N1C[C@H]2CNC[C@H]2C1. The fourth-order valence-corrected chi connectivity index (χ4v) is 3.35. The zero-order chi connectivity index (χ0) is 11.7. The Kier molecular flexibility index (Phi) is 3.34. The molecule has 1 N–H and O–H groups in total. The van der Waals surface area contributed by atoms with E-state index in [1.807, 2.05) is 0 Å². The van der Waals surface area contributed by atoms with Crippen molar-refractivity contribution in [1.82, 2.24) is 10.2 Å². The lowest BCUT2D eigenvalue weighted by atomic mass is 10.0. The largest absolute Gasteiger partial charge is 0.378 e. The minimum atomic E-state index is 0.190. The van der Waals surface area contributed by atoms with Crippen molar-refractivity contribution in [3.05, 3.63) is 0 Å². The molecule has 96 valence electrons. The molecule has 4 nitrogen and oxygen atoms in total. The van der Waals surface area contributed by atoms with Gasteiger partial charge in [-0.1, -0.05) is 0 Å². The highest BCUT2D eigenvalue weighted by atomic mass is 16.5. The topological polar surface area (TPSA) is 41.6 Å². The molecule has 3 aliphatic heterocycles. The summed E-state index contributed by atoms with van der Waals surface area (Å²) in [5, 5.41) is 3.40. The zero-order valence-corrected chi connectivity index (χ0v) is 10.4. The third kappa shape index (κ3) is 2.47. The van der Waals surface area contributed by atoms with Gasteiger partial charge in [0.25, 0.3) is 0 Å². The van der Waals surface area contributed by atoms with Crippen molar-refractivity contribution in [2.24, 2.45) is 11.8 Å². The molecular weight excluding hydrogens is 216 g/mol. The van der Waals surface area contributed by atoms with Crippen molar-refractivity contribution >= 4 is 5.91 Å². The van der Waals surface area contributed by atoms with Crippen LogP contribution in [0.15, 0.2) is 0 Å². The highest BCUT2D eigenvalue weighted by molar-refractivity contribution is 5.77. The second-order valence-corrected chi connectivity index (χ2v) is 5.67. The molecule has 1 amide bonds. The molecule has 4 heteroatoms. The number of ether oxygens (including phenoxy) is 1. The number of carbonyl (C=O) groups is 1. The van der Waals surface area contributed by atoms with Crippen LogP contribution in [0.3, 0.4) is 0 Å². The lowest BCUT2D eigenvalue weighted by Gasteiger charge is -2.25. The molecule has 3 rings (SSSR count). The Morgan fingerprint density at radius 2 is 2.00 bits per heavy atom. The summed E-state index contributed by atoms with van der Waals surface area (Å²) >= 11 is 0. The lowest BCUT2D eigenvalue weighted by molar-refractivity contribution is -0.134. The maximum atomic E-state index is 12.2. The van der Waals surface area contributed by atoms with Gasteiger partial charge in [-0.2, -0.15) is 0 Å². The number of fused-ring (bicyclic) bond motifs is 1. The minimum absolute atomic E-state index is 0.190. The van der Waals surface area contributed by atoms with E-state index in [1.165, 1.54) is 6.42 Å². The van der Waals surface area contributed by atoms with Crippen LogP contribution in [0.4, 0.5) is 0 Å². The fraction of sp³-hybridized carbons (Fsp3) is 0.923. The van der Waals surface area contributed by atoms with E-state index in [9.17, 15) is 4.79 Å². The van der Waals surface area contributed by atoms with Gasteiger partial charge in [-0.25, -0.2) is 0 Å². The number of rotatable bonds is 2. The van der Waals surface area contributed by atoms with Crippen LogP contribution in [0, 0.1) is 11.8 Å². The second-order valence-electron chi connectivity index (χ2n) is 5.67. The number of likely N-dealkylation sites (tertiary alicyclic amines) is 1. The number of nitrogens with zero attached hydrogens (tertiary/aromatic N) is 1. The molecule has 0 aliphatic carbocycles. The Balaban J connectivity index is 1.49. The van der Waals surface area contributed by atoms with Crippen molar-refractivity contribution in [3.63, 3.8) is 0 Å². The van der Waals surface area contributed by atoms with Crippen LogP contribution in [0.5, 0.6) is 0 Å². The molecule has 0 radical (unpaired) electrons. The lowest BCUT2D eigenvalue weighted by Crippen LogP contribution is -2.35. The van der Waals surface area contributed by atoms with Crippen LogP contribution >= 0.6 is 0 Å². The average molecular weight is 238 g/mol. The molecule has 1 unspecified atom stereocenters. The van der Waals surface area contributed by atoms with E-state index in [0.717, 1.165) is 45.6 Å². The third-order valence-corrected chi connectivity index (χ3v) is 4.42. The first-order chi connectivity index (χ1) is 8.33.